The van der Waals surface area contributed by atoms with Gasteiger partial charge in [0.1, 0.15) is 0 Å². The van der Waals surface area contributed by atoms with Crippen LogP contribution in [-0.2, 0) is 11.2 Å². The molecule has 4 atom stereocenters. The zero-order chi connectivity index (χ0) is 12.7. The van der Waals surface area contributed by atoms with Gasteiger partial charge in [0.05, 0.1) is 19.1 Å². The summed E-state index contributed by atoms with van der Waals surface area (Å²) in [4.78, 5) is 4.62. The van der Waals surface area contributed by atoms with Crippen LogP contribution in [0.5, 0.6) is 0 Å². The molecule has 0 amide bonds. The van der Waals surface area contributed by atoms with Crippen LogP contribution in [0, 0.1) is 11.8 Å². The fraction of sp³-hybridized carbons (Fsp3) is 0.857. The average molecular weight is 263 g/mol. The minimum absolute atomic E-state index is 0.182. The van der Waals surface area contributed by atoms with E-state index < -0.39 is 0 Å². The molecular formula is C14H21N3O2. The second-order valence-corrected chi connectivity index (χ2v) is 6.23. The van der Waals surface area contributed by atoms with Crippen LogP contribution in [0.2, 0.25) is 0 Å². The normalized spacial score (nSPS) is 37.9. The van der Waals surface area contributed by atoms with Crippen molar-refractivity contribution in [1.29, 1.82) is 0 Å². The zero-order valence-electron chi connectivity index (χ0n) is 11.2. The number of ether oxygens (including phenoxy) is 1. The molecule has 1 aromatic heterocycles. The summed E-state index contributed by atoms with van der Waals surface area (Å²) in [7, 11) is 0. The molecule has 2 heterocycles. The number of aromatic nitrogens is 2. The van der Waals surface area contributed by atoms with E-state index in [9.17, 15) is 0 Å². The van der Waals surface area contributed by atoms with Crippen molar-refractivity contribution in [1.82, 2.24) is 15.5 Å². The standard InChI is InChI=1S/C14H21N3O2/c1-2-10-5-9(1)6-12(10)14-16-13(19-17-14)7-11-8-15-3-4-18-11/h9-12,15H,1-8H2. The van der Waals surface area contributed by atoms with Crippen LogP contribution in [0.25, 0.3) is 0 Å². The van der Waals surface area contributed by atoms with Gasteiger partial charge in [-0.15, -0.1) is 0 Å². The third-order valence-corrected chi connectivity index (χ3v) is 4.96. The number of hydrogen-bond donors (Lipinski definition) is 1. The second-order valence-electron chi connectivity index (χ2n) is 6.23. The quantitative estimate of drug-likeness (QED) is 0.895. The summed E-state index contributed by atoms with van der Waals surface area (Å²) in [5.41, 5.74) is 0. The molecule has 5 nitrogen and oxygen atoms in total. The Kier molecular flexibility index (Phi) is 3.04. The van der Waals surface area contributed by atoms with Crippen molar-refractivity contribution in [3.05, 3.63) is 11.7 Å². The molecule has 0 aromatic carbocycles. The minimum atomic E-state index is 0.182. The van der Waals surface area contributed by atoms with Gasteiger partial charge in [0.25, 0.3) is 0 Å². The average Bonchev–Trinajstić information content (AvgIpc) is 3.15. The lowest BCUT2D eigenvalue weighted by molar-refractivity contribution is 0.0246. The van der Waals surface area contributed by atoms with E-state index in [1.807, 2.05) is 0 Å². The van der Waals surface area contributed by atoms with Gasteiger partial charge < -0.3 is 14.6 Å². The first-order chi connectivity index (χ1) is 9.38. The van der Waals surface area contributed by atoms with Gasteiger partial charge in [-0.05, 0) is 31.1 Å². The van der Waals surface area contributed by atoms with E-state index in [1.54, 1.807) is 0 Å². The maximum atomic E-state index is 5.68. The molecule has 0 radical (unpaired) electrons. The fourth-order valence-corrected chi connectivity index (χ4v) is 4.01. The molecule has 104 valence electrons. The lowest BCUT2D eigenvalue weighted by Crippen LogP contribution is -2.39. The second kappa shape index (κ2) is 4.87. The highest BCUT2D eigenvalue weighted by Gasteiger charge is 2.42. The molecule has 1 aliphatic heterocycles. The lowest BCUT2D eigenvalue weighted by Gasteiger charge is -2.22. The van der Waals surface area contributed by atoms with E-state index in [4.69, 9.17) is 9.26 Å². The highest BCUT2D eigenvalue weighted by atomic mass is 16.5. The highest BCUT2D eigenvalue weighted by Crippen LogP contribution is 2.52. The zero-order valence-corrected chi connectivity index (χ0v) is 11.2. The Hall–Kier alpha value is -0.940. The predicted octanol–water partition coefficient (Wildman–Crippen LogP) is 1.50. The first kappa shape index (κ1) is 11.9. The van der Waals surface area contributed by atoms with Gasteiger partial charge in [0, 0.05) is 19.0 Å². The maximum Gasteiger partial charge on any atom is 0.229 e. The summed E-state index contributed by atoms with van der Waals surface area (Å²) < 4.78 is 11.1. The molecule has 0 spiro atoms. The summed E-state index contributed by atoms with van der Waals surface area (Å²) >= 11 is 0. The van der Waals surface area contributed by atoms with Crippen LogP contribution in [-0.4, -0.2) is 35.9 Å². The molecule has 4 rings (SSSR count). The molecule has 5 heteroatoms. The molecule has 2 aliphatic carbocycles. The molecule has 1 saturated heterocycles. The Morgan fingerprint density at radius 3 is 3.00 bits per heavy atom. The largest absolute Gasteiger partial charge is 0.375 e. The topological polar surface area (TPSA) is 60.2 Å². The number of nitrogens with one attached hydrogen (secondary N) is 1. The van der Waals surface area contributed by atoms with Crippen molar-refractivity contribution in [2.75, 3.05) is 19.7 Å². The van der Waals surface area contributed by atoms with Crippen molar-refractivity contribution >= 4 is 0 Å². The fourth-order valence-electron chi connectivity index (χ4n) is 4.01. The van der Waals surface area contributed by atoms with E-state index in [1.165, 1.54) is 25.7 Å². The maximum absolute atomic E-state index is 5.68. The number of rotatable bonds is 3. The van der Waals surface area contributed by atoms with Crippen molar-refractivity contribution in [3.8, 4) is 0 Å². The molecule has 19 heavy (non-hydrogen) atoms. The number of morpholine rings is 1. The summed E-state index contributed by atoms with van der Waals surface area (Å²) in [6.45, 7) is 2.60. The summed E-state index contributed by atoms with van der Waals surface area (Å²) in [6.07, 6.45) is 6.33. The van der Waals surface area contributed by atoms with E-state index in [2.05, 4.69) is 15.5 Å². The first-order valence-corrected chi connectivity index (χ1v) is 7.53. The Balaban J connectivity index is 1.41. The third-order valence-electron chi connectivity index (χ3n) is 4.96. The van der Waals surface area contributed by atoms with Crippen LogP contribution >= 0.6 is 0 Å². The van der Waals surface area contributed by atoms with Crippen LogP contribution in [0.4, 0.5) is 0 Å². The Bertz CT molecular complexity index is 442. The van der Waals surface area contributed by atoms with E-state index in [0.29, 0.717) is 5.92 Å². The van der Waals surface area contributed by atoms with Gasteiger partial charge >= 0.3 is 0 Å². The van der Waals surface area contributed by atoms with Crippen molar-refractivity contribution in [3.63, 3.8) is 0 Å². The Labute approximate surface area is 113 Å². The number of nitrogens with zero attached hydrogens (tertiary/aromatic N) is 2. The molecule has 1 aromatic rings. The molecule has 4 unspecified atom stereocenters. The minimum Gasteiger partial charge on any atom is -0.375 e. The smallest absolute Gasteiger partial charge is 0.229 e. The van der Waals surface area contributed by atoms with Crippen LogP contribution in [0.15, 0.2) is 4.52 Å². The molecule has 2 bridgehead atoms. The first-order valence-electron chi connectivity index (χ1n) is 7.53. The van der Waals surface area contributed by atoms with Crippen molar-refractivity contribution in [2.24, 2.45) is 11.8 Å². The Morgan fingerprint density at radius 1 is 1.26 bits per heavy atom. The van der Waals surface area contributed by atoms with Gasteiger partial charge in [-0.1, -0.05) is 11.6 Å². The van der Waals surface area contributed by atoms with Crippen LogP contribution in [0.3, 0.4) is 0 Å². The predicted molar refractivity (Wildman–Crippen MR) is 68.8 cm³/mol. The molecule has 2 saturated carbocycles. The monoisotopic (exact) mass is 263 g/mol. The van der Waals surface area contributed by atoms with Gasteiger partial charge in [-0.3, -0.25) is 0 Å². The SMILES string of the molecule is C1COC(Cc2nc(C3CC4CCC3C4)no2)CN1. The molecule has 1 N–H and O–H groups in total. The Morgan fingerprint density at radius 2 is 2.26 bits per heavy atom. The van der Waals surface area contributed by atoms with Gasteiger partial charge in [0.15, 0.2) is 5.82 Å². The van der Waals surface area contributed by atoms with E-state index in [-0.39, 0.29) is 6.10 Å². The van der Waals surface area contributed by atoms with Crippen molar-refractivity contribution in [2.45, 2.75) is 44.1 Å². The van der Waals surface area contributed by atoms with E-state index >= 15 is 0 Å². The van der Waals surface area contributed by atoms with Crippen molar-refractivity contribution < 1.29 is 9.26 Å². The summed E-state index contributed by atoms with van der Waals surface area (Å²) in [6, 6.07) is 0. The van der Waals surface area contributed by atoms with Gasteiger partial charge in [0.2, 0.25) is 5.89 Å². The highest BCUT2D eigenvalue weighted by molar-refractivity contribution is 5.06. The van der Waals surface area contributed by atoms with Crippen LogP contribution in [0.1, 0.15) is 43.3 Å². The molecule has 3 aliphatic rings. The lowest BCUT2D eigenvalue weighted by atomic mass is 9.88. The molecule has 3 fully saturated rings. The number of fused-ring (bicyclic) bond motifs is 2. The number of hydrogen-bond acceptors (Lipinski definition) is 5. The molecular weight excluding hydrogens is 242 g/mol. The van der Waals surface area contributed by atoms with Gasteiger partial charge in [-0.2, -0.15) is 4.98 Å². The van der Waals surface area contributed by atoms with Gasteiger partial charge in [-0.25, -0.2) is 0 Å². The third kappa shape index (κ3) is 2.30. The summed E-state index contributed by atoms with van der Waals surface area (Å²) in [5, 5.41) is 7.54. The summed E-state index contributed by atoms with van der Waals surface area (Å²) in [5.74, 6) is 3.98. The van der Waals surface area contributed by atoms with Crippen LogP contribution < -0.4 is 5.32 Å². The van der Waals surface area contributed by atoms with E-state index in [0.717, 1.165) is 49.7 Å².